The molecule has 0 fully saturated rings. The number of aromatic amines is 1. The molecule has 9 heteroatoms. The summed E-state index contributed by atoms with van der Waals surface area (Å²) in [6.07, 6.45) is 2.30. The van der Waals surface area contributed by atoms with Crippen LogP contribution in [-0.4, -0.2) is 60.8 Å². The highest BCUT2D eigenvalue weighted by Crippen LogP contribution is 2.39. The van der Waals surface area contributed by atoms with Gasteiger partial charge in [0.25, 0.3) is 0 Å². The van der Waals surface area contributed by atoms with Crippen molar-refractivity contribution in [3.05, 3.63) is 58.4 Å². The first-order chi connectivity index (χ1) is 15.4. The first-order valence-electron chi connectivity index (χ1n) is 9.66. The van der Waals surface area contributed by atoms with Gasteiger partial charge in [-0.3, -0.25) is 4.79 Å². The zero-order valence-corrected chi connectivity index (χ0v) is 18.7. The number of H-pyrrole nitrogens is 1. The summed E-state index contributed by atoms with van der Waals surface area (Å²) in [7, 11) is 4.37. The molecule has 32 heavy (non-hydrogen) atoms. The number of carbonyl (C=O) groups is 1. The number of fused-ring (bicyclic) bond motifs is 1. The van der Waals surface area contributed by atoms with Crippen LogP contribution in [0.25, 0.3) is 17.0 Å². The highest BCUT2D eigenvalue weighted by Gasteiger charge is 2.21. The molecule has 0 amide bonds. The van der Waals surface area contributed by atoms with Crippen LogP contribution < -0.4 is 14.2 Å². The van der Waals surface area contributed by atoms with E-state index in [9.17, 15) is 14.3 Å². The molecule has 0 bridgehead atoms. The topological polar surface area (TPSA) is 101 Å². The Hall–Kier alpha value is -3.01. The van der Waals surface area contributed by atoms with Crippen molar-refractivity contribution in [1.29, 1.82) is 0 Å². The molecule has 3 N–H and O–H groups in total. The van der Waals surface area contributed by atoms with Crippen LogP contribution in [0, 0.1) is 5.82 Å². The molecule has 0 spiro atoms. The number of benzene rings is 2. The van der Waals surface area contributed by atoms with Gasteiger partial charge in [-0.2, -0.15) is 0 Å². The molecule has 7 nitrogen and oxygen atoms in total. The molecule has 0 aliphatic heterocycles. The van der Waals surface area contributed by atoms with Gasteiger partial charge in [0.05, 0.1) is 38.9 Å². The summed E-state index contributed by atoms with van der Waals surface area (Å²) in [6.45, 7) is -0.434. The van der Waals surface area contributed by atoms with E-state index in [0.717, 1.165) is 17.3 Å². The zero-order valence-electron chi connectivity index (χ0n) is 17.8. The van der Waals surface area contributed by atoms with Gasteiger partial charge in [0, 0.05) is 34.0 Å². The summed E-state index contributed by atoms with van der Waals surface area (Å²) >= 11 is 1.09. The standard InChI is InChI=1S/C23H24FNO6S/c1-29-19-6-13(7-20(30-2)23(19)31-3)22(28)21(32-12-16(27)11-26)8-14-10-25-18-5-4-15(24)9-17(14)18/h4-10,16,25-27H,11-12H2,1-3H3. The van der Waals surface area contributed by atoms with Crippen molar-refractivity contribution >= 4 is 34.5 Å². The summed E-state index contributed by atoms with van der Waals surface area (Å²) in [4.78, 5) is 16.8. The van der Waals surface area contributed by atoms with E-state index in [4.69, 9.17) is 19.3 Å². The minimum absolute atomic E-state index is 0.0925. The third kappa shape index (κ3) is 5.07. The molecule has 0 saturated heterocycles. The minimum atomic E-state index is -1.00. The maximum atomic E-state index is 13.8. The first kappa shape index (κ1) is 23.6. The second-order valence-corrected chi connectivity index (χ2v) is 7.89. The third-order valence-electron chi connectivity index (χ3n) is 4.76. The van der Waals surface area contributed by atoms with Crippen molar-refractivity contribution < 1.29 is 33.6 Å². The zero-order chi connectivity index (χ0) is 23.3. The van der Waals surface area contributed by atoms with Crippen molar-refractivity contribution in [2.45, 2.75) is 6.10 Å². The third-order valence-corrected chi connectivity index (χ3v) is 5.92. The van der Waals surface area contributed by atoms with Gasteiger partial charge in [0.15, 0.2) is 17.3 Å². The Morgan fingerprint density at radius 2 is 1.84 bits per heavy atom. The van der Waals surface area contributed by atoms with Crippen LogP contribution in [0.3, 0.4) is 0 Å². The highest BCUT2D eigenvalue weighted by molar-refractivity contribution is 8.04. The quantitative estimate of drug-likeness (QED) is 0.313. The summed E-state index contributed by atoms with van der Waals surface area (Å²) in [5.74, 6) is 0.341. The minimum Gasteiger partial charge on any atom is -0.493 e. The van der Waals surface area contributed by atoms with Crippen LogP contribution in [-0.2, 0) is 0 Å². The molecule has 1 atom stereocenters. The molecule has 0 aliphatic rings. The molecule has 170 valence electrons. The molecule has 0 saturated carbocycles. The summed E-state index contributed by atoms with van der Waals surface area (Å²) in [5, 5.41) is 19.6. The Kier molecular flexibility index (Phi) is 7.79. The number of aliphatic hydroxyl groups is 2. The smallest absolute Gasteiger partial charge is 0.203 e. The van der Waals surface area contributed by atoms with E-state index in [1.807, 2.05) is 0 Å². The lowest BCUT2D eigenvalue weighted by atomic mass is 10.1. The fraction of sp³-hybridized carbons (Fsp3) is 0.261. The molecule has 1 aromatic heterocycles. The number of carbonyl (C=O) groups excluding carboxylic acids is 1. The lowest BCUT2D eigenvalue weighted by Crippen LogP contribution is -2.16. The Bertz CT molecular complexity index is 1120. The lowest BCUT2D eigenvalue weighted by molar-refractivity contribution is 0.104. The van der Waals surface area contributed by atoms with Crippen LogP contribution in [0.5, 0.6) is 17.2 Å². The van der Waals surface area contributed by atoms with Crippen LogP contribution in [0.2, 0.25) is 0 Å². The van der Waals surface area contributed by atoms with Crippen molar-refractivity contribution in [2.75, 3.05) is 33.7 Å². The molecule has 1 heterocycles. The second kappa shape index (κ2) is 10.5. The number of aromatic nitrogens is 1. The summed E-state index contributed by atoms with van der Waals surface area (Å²) < 4.78 is 29.8. The van der Waals surface area contributed by atoms with E-state index in [0.29, 0.717) is 28.2 Å². The molecule has 3 rings (SSSR count). The number of aliphatic hydroxyl groups excluding tert-OH is 2. The van der Waals surface area contributed by atoms with Crippen LogP contribution in [0.1, 0.15) is 15.9 Å². The number of hydrogen-bond donors (Lipinski definition) is 3. The Labute approximate surface area is 188 Å². The maximum absolute atomic E-state index is 13.8. The number of thioether (sulfide) groups is 1. The van der Waals surface area contributed by atoms with Gasteiger partial charge in [-0.25, -0.2) is 4.39 Å². The molecular weight excluding hydrogens is 437 g/mol. The largest absolute Gasteiger partial charge is 0.493 e. The predicted molar refractivity (Wildman–Crippen MR) is 122 cm³/mol. The van der Waals surface area contributed by atoms with Crippen molar-refractivity contribution in [1.82, 2.24) is 4.98 Å². The van der Waals surface area contributed by atoms with E-state index in [-0.39, 0.29) is 22.0 Å². The van der Waals surface area contributed by atoms with Crippen molar-refractivity contribution in [3.8, 4) is 17.2 Å². The van der Waals surface area contributed by atoms with E-state index in [1.54, 1.807) is 18.3 Å². The molecule has 0 radical (unpaired) electrons. The lowest BCUT2D eigenvalue weighted by Gasteiger charge is -2.15. The van der Waals surface area contributed by atoms with Crippen LogP contribution >= 0.6 is 11.8 Å². The molecule has 2 aromatic carbocycles. The van der Waals surface area contributed by atoms with Crippen molar-refractivity contribution in [3.63, 3.8) is 0 Å². The summed E-state index contributed by atoms with van der Waals surface area (Å²) in [6, 6.07) is 7.42. The number of allylic oxidation sites excluding steroid dienone is 1. The Morgan fingerprint density at radius 3 is 2.44 bits per heavy atom. The van der Waals surface area contributed by atoms with Gasteiger partial charge in [-0.1, -0.05) is 0 Å². The first-order valence-corrected chi connectivity index (χ1v) is 10.6. The van der Waals surface area contributed by atoms with Crippen molar-refractivity contribution in [2.24, 2.45) is 0 Å². The average Bonchev–Trinajstić information content (AvgIpc) is 3.21. The number of halogens is 1. The van der Waals surface area contributed by atoms with Gasteiger partial charge in [0.2, 0.25) is 5.75 Å². The number of ketones is 1. The maximum Gasteiger partial charge on any atom is 0.203 e. The molecule has 1 unspecified atom stereocenters. The van der Waals surface area contributed by atoms with E-state index < -0.39 is 18.5 Å². The molecule has 3 aromatic rings. The SMILES string of the molecule is COc1cc(C(=O)C(=Cc2c[nH]c3ccc(F)cc23)SCC(O)CO)cc(OC)c1OC. The predicted octanol–water partition coefficient (Wildman–Crippen LogP) is 3.64. The number of hydrogen-bond acceptors (Lipinski definition) is 7. The fourth-order valence-corrected chi connectivity index (χ4v) is 4.08. The number of nitrogens with one attached hydrogen (secondary N) is 1. The number of rotatable bonds is 10. The number of ether oxygens (including phenoxy) is 3. The van der Waals surface area contributed by atoms with Gasteiger partial charge in [0.1, 0.15) is 5.82 Å². The van der Waals surface area contributed by atoms with Gasteiger partial charge < -0.3 is 29.4 Å². The van der Waals surface area contributed by atoms with Gasteiger partial charge in [-0.05, 0) is 36.4 Å². The second-order valence-electron chi connectivity index (χ2n) is 6.83. The molecule has 0 aliphatic carbocycles. The fourth-order valence-electron chi connectivity index (χ4n) is 3.14. The summed E-state index contributed by atoms with van der Waals surface area (Å²) in [5.41, 5.74) is 1.61. The van der Waals surface area contributed by atoms with Crippen LogP contribution in [0.15, 0.2) is 41.4 Å². The van der Waals surface area contributed by atoms with Crippen LogP contribution in [0.4, 0.5) is 4.39 Å². The highest BCUT2D eigenvalue weighted by atomic mass is 32.2. The van der Waals surface area contributed by atoms with E-state index >= 15 is 0 Å². The average molecular weight is 462 g/mol. The Morgan fingerprint density at radius 1 is 1.16 bits per heavy atom. The number of methoxy groups -OCH3 is 3. The van der Waals surface area contributed by atoms with E-state index in [1.165, 1.54) is 45.6 Å². The monoisotopic (exact) mass is 461 g/mol. The molecular formula is C23H24FNO6S. The van der Waals surface area contributed by atoms with Gasteiger partial charge >= 0.3 is 0 Å². The van der Waals surface area contributed by atoms with Gasteiger partial charge in [-0.15, -0.1) is 11.8 Å². The Balaban J connectivity index is 2.08. The normalized spacial score (nSPS) is 12.6. The number of Topliss-reactive ketones (excluding diaryl/α,β-unsaturated/α-hetero) is 1. The van der Waals surface area contributed by atoms with E-state index in [2.05, 4.69) is 4.98 Å².